The van der Waals surface area contributed by atoms with E-state index in [1.54, 1.807) is 0 Å². The van der Waals surface area contributed by atoms with Crippen molar-refractivity contribution in [2.45, 2.75) is 0 Å². The van der Waals surface area contributed by atoms with Gasteiger partial charge in [-0.05, 0) is 65.7 Å². The van der Waals surface area contributed by atoms with E-state index in [0.29, 0.717) is 0 Å². The maximum absolute atomic E-state index is 6.57. The van der Waals surface area contributed by atoms with E-state index in [0.717, 1.165) is 50.6 Å². The smallest absolute Gasteiger partial charge is 0.521 e. The molecule has 0 saturated heterocycles. The highest BCUT2D eigenvalue weighted by molar-refractivity contribution is 7.27. The highest BCUT2D eigenvalue weighted by Gasteiger charge is 2.42. The first-order valence-electron chi connectivity index (χ1n) is 18.4. The van der Waals surface area contributed by atoms with Crippen LogP contribution in [0.3, 0.4) is 0 Å². The van der Waals surface area contributed by atoms with E-state index in [-0.39, 0.29) is 0 Å². The molecule has 0 aliphatic carbocycles. The lowest BCUT2D eigenvalue weighted by Crippen LogP contribution is -2.49. The maximum atomic E-state index is 6.57. The Morgan fingerprint density at radius 1 is 0.426 bits per heavy atom. The second kappa shape index (κ2) is 10.4. The van der Waals surface area contributed by atoms with E-state index >= 15 is 0 Å². The molecule has 0 radical (unpaired) electrons. The largest absolute Gasteiger partial charge is 0.633 e. The third kappa shape index (κ3) is 3.63. The maximum Gasteiger partial charge on any atom is 0.633 e. The summed E-state index contributed by atoms with van der Waals surface area (Å²) < 4.78 is 20.8. The minimum absolute atomic E-state index is 0.531. The van der Waals surface area contributed by atoms with Gasteiger partial charge in [0.2, 0.25) is 0 Å². The van der Waals surface area contributed by atoms with Crippen LogP contribution < -0.4 is 14.8 Å². The predicted octanol–water partition coefficient (Wildman–Crippen LogP) is 12.1. The average Bonchev–Trinajstić information content (AvgIpc) is 3.89. The molecular formula is C48H27BN2O2S. The minimum atomic E-state index is -0.531. The van der Waals surface area contributed by atoms with Gasteiger partial charge in [-0.1, -0.05) is 109 Å². The summed E-state index contributed by atoms with van der Waals surface area (Å²) in [6.07, 6.45) is 0. The summed E-state index contributed by atoms with van der Waals surface area (Å²) in [6, 6.07) is 59.1. The van der Waals surface area contributed by atoms with Gasteiger partial charge < -0.3 is 18.4 Å². The van der Waals surface area contributed by atoms with Crippen molar-refractivity contribution >= 4 is 87.7 Å². The van der Waals surface area contributed by atoms with Crippen LogP contribution in [0.2, 0.25) is 0 Å². The van der Waals surface area contributed by atoms with Crippen molar-refractivity contribution in [1.82, 2.24) is 9.13 Å². The zero-order chi connectivity index (χ0) is 35.1. The van der Waals surface area contributed by atoms with Crippen LogP contribution in [-0.2, 0) is 0 Å². The number of hydrogen-bond acceptors (Lipinski definition) is 3. The molecule has 54 heavy (non-hydrogen) atoms. The van der Waals surface area contributed by atoms with Crippen molar-refractivity contribution in [3.05, 3.63) is 164 Å². The molecule has 0 fully saturated rings. The van der Waals surface area contributed by atoms with Crippen molar-refractivity contribution < 1.29 is 9.31 Å². The molecule has 0 amide bonds. The van der Waals surface area contributed by atoms with E-state index in [9.17, 15) is 0 Å². The van der Waals surface area contributed by atoms with Crippen molar-refractivity contribution in [3.63, 3.8) is 0 Å². The van der Waals surface area contributed by atoms with Gasteiger partial charge in [-0.2, -0.15) is 0 Å². The summed E-state index contributed by atoms with van der Waals surface area (Å²) in [7, 11) is -0.531. The van der Waals surface area contributed by atoms with Crippen LogP contribution in [-0.4, -0.2) is 16.3 Å². The van der Waals surface area contributed by atoms with Crippen LogP contribution >= 0.6 is 11.3 Å². The van der Waals surface area contributed by atoms with E-state index in [1.807, 2.05) is 23.5 Å². The van der Waals surface area contributed by atoms with Crippen LogP contribution in [0.1, 0.15) is 0 Å². The highest BCUT2D eigenvalue weighted by Crippen LogP contribution is 2.52. The monoisotopic (exact) mass is 706 g/mol. The first-order chi connectivity index (χ1) is 26.8. The van der Waals surface area contributed by atoms with Crippen LogP contribution in [0.25, 0.3) is 97.4 Å². The highest BCUT2D eigenvalue weighted by atomic mass is 32.1. The second-order valence-electron chi connectivity index (χ2n) is 14.3. The SMILES string of the molecule is c1ccc(-n2c3ccccc3c3c4sc5ccccc5c4c4c5ccccc5n(-c5cc6c7c(c5)-c5ccccc5OB7Oc5ccccc5-6)c4c32)cc1. The van der Waals surface area contributed by atoms with Crippen molar-refractivity contribution in [3.8, 4) is 45.1 Å². The molecule has 0 unspecified atom stereocenters. The molecule has 2 aliphatic heterocycles. The van der Waals surface area contributed by atoms with Crippen LogP contribution in [0, 0.1) is 0 Å². The van der Waals surface area contributed by atoms with Gasteiger partial charge >= 0.3 is 7.12 Å². The van der Waals surface area contributed by atoms with E-state index in [4.69, 9.17) is 9.31 Å². The minimum Gasteiger partial charge on any atom is -0.521 e. The molecule has 6 heteroatoms. The lowest BCUT2D eigenvalue weighted by molar-refractivity contribution is 0.436. The zero-order valence-electron chi connectivity index (χ0n) is 28.8. The molecule has 5 heterocycles. The number of hydrogen-bond donors (Lipinski definition) is 0. The van der Waals surface area contributed by atoms with Gasteiger partial charge in [0.1, 0.15) is 11.5 Å². The zero-order valence-corrected chi connectivity index (χ0v) is 29.6. The fraction of sp³-hybridized carbons (Fsp3) is 0. The normalized spacial score (nSPS) is 13.1. The average molecular weight is 707 g/mol. The molecule has 11 aromatic rings. The van der Waals surface area contributed by atoms with Crippen molar-refractivity contribution in [2.75, 3.05) is 0 Å². The van der Waals surface area contributed by atoms with Crippen LogP contribution in [0.4, 0.5) is 0 Å². The number of rotatable bonds is 2. The fourth-order valence-corrected chi connectivity index (χ4v) is 10.7. The number of benzene rings is 8. The number of fused-ring (bicyclic) bond motifs is 16. The second-order valence-corrected chi connectivity index (χ2v) is 15.4. The molecule has 3 aromatic heterocycles. The third-order valence-electron chi connectivity index (χ3n) is 11.5. The Bertz CT molecular complexity index is 3340. The van der Waals surface area contributed by atoms with Gasteiger partial charge in [-0.15, -0.1) is 11.3 Å². The molecule has 8 aromatic carbocycles. The number of nitrogens with zero attached hydrogens (tertiary/aromatic N) is 2. The van der Waals surface area contributed by atoms with Gasteiger partial charge in [-0.3, -0.25) is 0 Å². The summed E-state index contributed by atoms with van der Waals surface area (Å²) in [6.45, 7) is 0. The molecule has 13 rings (SSSR count). The third-order valence-corrected chi connectivity index (χ3v) is 12.7. The predicted molar refractivity (Wildman–Crippen MR) is 226 cm³/mol. The Labute approximate surface area is 313 Å². The van der Waals surface area contributed by atoms with Gasteiger partial charge in [0, 0.05) is 69.7 Å². The molecule has 4 nitrogen and oxygen atoms in total. The quantitative estimate of drug-likeness (QED) is 0.167. The van der Waals surface area contributed by atoms with Gasteiger partial charge in [0.05, 0.1) is 22.1 Å². The number of thiophene rings is 1. The lowest BCUT2D eigenvalue weighted by Gasteiger charge is -2.32. The summed E-state index contributed by atoms with van der Waals surface area (Å²) >= 11 is 1.91. The summed E-state index contributed by atoms with van der Waals surface area (Å²) in [5.41, 5.74) is 12.5. The van der Waals surface area contributed by atoms with E-state index in [2.05, 4.69) is 161 Å². The Morgan fingerprint density at radius 3 is 1.63 bits per heavy atom. The number of para-hydroxylation sites is 5. The fourth-order valence-electron chi connectivity index (χ4n) is 9.42. The summed E-state index contributed by atoms with van der Waals surface area (Å²) in [5.74, 6) is 1.66. The molecular weight excluding hydrogens is 679 g/mol. The van der Waals surface area contributed by atoms with E-state index < -0.39 is 7.12 Å². The first-order valence-corrected chi connectivity index (χ1v) is 19.2. The summed E-state index contributed by atoms with van der Waals surface area (Å²) in [5, 5.41) is 7.68. The Kier molecular flexibility index (Phi) is 5.56. The van der Waals surface area contributed by atoms with Crippen molar-refractivity contribution in [2.24, 2.45) is 0 Å². The molecule has 2 aliphatic rings. The number of aromatic nitrogens is 2. The molecule has 0 spiro atoms. The Hall–Kier alpha value is -6.76. The van der Waals surface area contributed by atoms with Gasteiger partial charge in [-0.25, -0.2) is 0 Å². The van der Waals surface area contributed by atoms with Crippen LogP contribution in [0.5, 0.6) is 11.5 Å². The topological polar surface area (TPSA) is 28.3 Å². The van der Waals surface area contributed by atoms with Crippen LogP contribution in [0.15, 0.2) is 164 Å². The van der Waals surface area contributed by atoms with E-state index in [1.165, 1.54) is 63.8 Å². The molecule has 0 saturated carbocycles. The Balaban J connectivity index is 1.30. The summed E-state index contributed by atoms with van der Waals surface area (Å²) in [4.78, 5) is 0. The standard InChI is InChI=1S/C48H27BN2O2S/c1-2-14-28(15-3-1)50-38-22-10-5-19-33(38)44-47(50)46-42(43-34-20-8-13-25-41(34)54-48(43)44)32-18-4-9-21-37(32)51(46)29-26-35-30-16-6-11-23-39(30)52-49-45(35)36(27-29)31-17-7-12-24-40(31)53-49/h1-27H. The van der Waals surface area contributed by atoms with Gasteiger partial charge in [0.15, 0.2) is 0 Å². The molecule has 250 valence electrons. The molecule has 0 N–H and O–H groups in total. The van der Waals surface area contributed by atoms with Gasteiger partial charge in [0.25, 0.3) is 0 Å². The Morgan fingerprint density at radius 2 is 0.944 bits per heavy atom. The first kappa shape index (κ1) is 28.8. The molecule has 0 bridgehead atoms. The molecule has 0 atom stereocenters. The lowest BCUT2D eigenvalue weighted by atomic mass is 9.66. The van der Waals surface area contributed by atoms with Crippen molar-refractivity contribution in [1.29, 1.82) is 0 Å².